The van der Waals surface area contributed by atoms with E-state index in [0.717, 1.165) is 18.2 Å². The summed E-state index contributed by atoms with van der Waals surface area (Å²) in [6, 6.07) is 2.87. The Balaban J connectivity index is 2.58. The third-order valence-corrected chi connectivity index (χ3v) is 2.71. The van der Waals surface area contributed by atoms with E-state index >= 15 is 0 Å². The Morgan fingerprint density at radius 1 is 0.960 bits per heavy atom. The Kier molecular flexibility index (Phi) is 6.75. The van der Waals surface area contributed by atoms with Crippen LogP contribution in [0.3, 0.4) is 0 Å². The van der Waals surface area contributed by atoms with Crippen LogP contribution in [0.25, 0.3) is 0 Å². The lowest BCUT2D eigenvalue weighted by molar-refractivity contribution is -0.393. The Labute approximate surface area is 139 Å². The maximum atomic E-state index is 11.6. The van der Waals surface area contributed by atoms with Crippen LogP contribution in [0.2, 0.25) is 0 Å². The standard InChI is InChI=1S/C12H13N5O8/c18-10(14-5-11(19)15-6-12(20)21)4-13-8-2-1-7(16(22)23)3-9(8)17(24)25/h1-3,13H,4-6H2,(H,14,18)(H,15,19)(H,20,21). The summed E-state index contributed by atoms with van der Waals surface area (Å²) < 4.78 is 0. The summed E-state index contributed by atoms with van der Waals surface area (Å²) in [7, 11) is 0. The molecule has 0 aliphatic carbocycles. The number of carboxylic acid groups (broad SMARTS) is 1. The Morgan fingerprint density at radius 2 is 1.56 bits per heavy atom. The van der Waals surface area contributed by atoms with Crippen LogP contribution >= 0.6 is 0 Å². The number of amides is 2. The minimum Gasteiger partial charge on any atom is -0.480 e. The number of aliphatic carboxylic acids is 1. The summed E-state index contributed by atoms with van der Waals surface area (Å²) >= 11 is 0. The molecule has 0 heterocycles. The van der Waals surface area contributed by atoms with Crippen molar-refractivity contribution < 1.29 is 29.3 Å². The molecule has 13 heteroatoms. The van der Waals surface area contributed by atoms with Gasteiger partial charge in [-0.3, -0.25) is 34.6 Å². The van der Waals surface area contributed by atoms with E-state index in [1.165, 1.54) is 0 Å². The molecule has 13 nitrogen and oxygen atoms in total. The van der Waals surface area contributed by atoms with Crippen molar-refractivity contribution in [2.75, 3.05) is 25.0 Å². The monoisotopic (exact) mass is 355 g/mol. The van der Waals surface area contributed by atoms with Crippen LogP contribution in [0, 0.1) is 20.2 Å². The van der Waals surface area contributed by atoms with Crippen LogP contribution < -0.4 is 16.0 Å². The van der Waals surface area contributed by atoms with Crippen LogP contribution in [-0.4, -0.2) is 52.4 Å². The van der Waals surface area contributed by atoms with Crippen molar-refractivity contribution in [1.29, 1.82) is 0 Å². The van der Waals surface area contributed by atoms with E-state index in [1.807, 2.05) is 5.32 Å². The number of non-ortho nitro benzene ring substituents is 1. The fraction of sp³-hybridized carbons (Fsp3) is 0.250. The highest BCUT2D eigenvalue weighted by molar-refractivity contribution is 5.88. The molecule has 0 bridgehead atoms. The summed E-state index contributed by atoms with van der Waals surface area (Å²) in [6.45, 7) is -1.51. The van der Waals surface area contributed by atoms with Gasteiger partial charge in [-0.05, 0) is 6.07 Å². The molecule has 0 unspecified atom stereocenters. The molecule has 1 aromatic rings. The molecule has 134 valence electrons. The minimum atomic E-state index is -1.24. The average Bonchev–Trinajstić information content (AvgIpc) is 2.55. The number of carboxylic acids is 1. The highest BCUT2D eigenvalue weighted by atomic mass is 16.6. The number of nitrogens with zero attached hydrogens (tertiary/aromatic N) is 2. The molecule has 25 heavy (non-hydrogen) atoms. The van der Waals surface area contributed by atoms with Gasteiger partial charge in [0.1, 0.15) is 12.2 Å². The van der Waals surface area contributed by atoms with Crippen LogP contribution in [0.1, 0.15) is 0 Å². The van der Waals surface area contributed by atoms with Crippen molar-refractivity contribution in [3.8, 4) is 0 Å². The zero-order valence-electron chi connectivity index (χ0n) is 12.6. The molecule has 1 rings (SSSR count). The molecule has 0 saturated carbocycles. The Hall–Kier alpha value is -3.77. The van der Waals surface area contributed by atoms with Crippen molar-refractivity contribution >= 4 is 34.8 Å². The predicted octanol–water partition coefficient (Wildman–Crippen LogP) is -0.768. The van der Waals surface area contributed by atoms with Gasteiger partial charge in [-0.25, -0.2) is 0 Å². The summed E-state index contributed by atoms with van der Waals surface area (Å²) in [5.74, 6) is -2.66. The second-order valence-electron chi connectivity index (χ2n) is 4.52. The molecule has 4 N–H and O–H groups in total. The van der Waals surface area contributed by atoms with Gasteiger partial charge in [-0.2, -0.15) is 0 Å². The molecule has 0 atom stereocenters. The number of nitrogens with one attached hydrogen (secondary N) is 3. The quantitative estimate of drug-likeness (QED) is 0.325. The first-order valence-electron chi connectivity index (χ1n) is 6.62. The first-order chi connectivity index (χ1) is 11.7. The zero-order valence-corrected chi connectivity index (χ0v) is 12.6. The third kappa shape index (κ3) is 6.47. The van der Waals surface area contributed by atoms with Gasteiger partial charge < -0.3 is 21.1 Å². The van der Waals surface area contributed by atoms with Gasteiger partial charge in [0, 0.05) is 6.07 Å². The highest BCUT2D eigenvalue weighted by Gasteiger charge is 2.19. The van der Waals surface area contributed by atoms with Gasteiger partial charge in [0.05, 0.1) is 29.0 Å². The third-order valence-electron chi connectivity index (χ3n) is 2.71. The topological polar surface area (TPSA) is 194 Å². The molecule has 0 saturated heterocycles. The Bertz CT molecular complexity index is 719. The molecular weight excluding hydrogens is 342 g/mol. The largest absolute Gasteiger partial charge is 0.480 e. The molecule has 0 aromatic heterocycles. The summed E-state index contributed by atoms with van der Waals surface area (Å²) in [5, 5.41) is 36.5. The number of hydrogen-bond acceptors (Lipinski definition) is 8. The normalized spacial score (nSPS) is 9.76. The summed E-state index contributed by atoms with van der Waals surface area (Å²) in [6.07, 6.45) is 0. The van der Waals surface area contributed by atoms with Crippen molar-refractivity contribution in [3.63, 3.8) is 0 Å². The van der Waals surface area contributed by atoms with E-state index < -0.39 is 58.6 Å². The molecular formula is C12H13N5O8. The van der Waals surface area contributed by atoms with E-state index in [9.17, 15) is 34.6 Å². The van der Waals surface area contributed by atoms with E-state index in [0.29, 0.717) is 0 Å². The maximum absolute atomic E-state index is 11.6. The van der Waals surface area contributed by atoms with E-state index in [4.69, 9.17) is 5.11 Å². The van der Waals surface area contributed by atoms with Crippen LogP contribution in [0.15, 0.2) is 18.2 Å². The maximum Gasteiger partial charge on any atom is 0.322 e. The molecule has 0 aliphatic heterocycles. The molecule has 0 fully saturated rings. The van der Waals surface area contributed by atoms with Gasteiger partial charge in [-0.15, -0.1) is 0 Å². The van der Waals surface area contributed by atoms with Crippen LogP contribution in [-0.2, 0) is 14.4 Å². The molecule has 1 aromatic carbocycles. The smallest absolute Gasteiger partial charge is 0.322 e. The lowest BCUT2D eigenvalue weighted by Gasteiger charge is -2.08. The van der Waals surface area contributed by atoms with E-state index in [2.05, 4.69) is 10.6 Å². The van der Waals surface area contributed by atoms with Crippen molar-refractivity contribution in [3.05, 3.63) is 38.4 Å². The highest BCUT2D eigenvalue weighted by Crippen LogP contribution is 2.28. The predicted molar refractivity (Wildman–Crippen MR) is 81.9 cm³/mol. The minimum absolute atomic E-state index is 0.110. The van der Waals surface area contributed by atoms with Gasteiger partial charge in [-0.1, -0.05) is 0 Å². The molecule has 0 radical (unpaired) electrons. The number of nitro benzene ring substituents is 2. The summed E-state index contributed by atoms with van der Waals surface area (Å²) in [4.78, 5) is 52.9. The first kappa shape index (κ1) is 19.3. The number of hydrogen-bond donors (Lipinski definition) is 4. The SMILES string of the molecule is O=C(O)CNC(=O)CNC(=O)CNc1ccc([N+](=O)[O-])cc1[N+](=O)[O-]. The Morgan fingerprint density at radius 3 is 2.12 bits per heavy atom. The van der Waals surface area contributed by atoms with Gasteiger partial charge >= 0.3 is 5.97 Å². The first-order valence-corrected chi connectivity index (χ1v) is 6.62. The number of carbonyl (C=O) groups excluding carboxylic acids is 2. The number of rotatable bonds is 9. The van der Waals surface area contributed by atoms with Gasteiger partial charge in [0.2, 0.25) is 11.8 Å². The fourth-order valence-corrected chi connectivity index (χ4v) is 1.59. The van der Waals surface area contributed by atoms with Crippen molar-refractivity contribution in [2.45, 2.75) is 0 Å². The fourth-order valence-electron chi connectivity index (χ4n) is 1.59. The van der Waals surface area contributed by atoms with Gasteiger partial charge in [0.25, 0.3) is 11.4 Å². The zero-order chi connectivity index (χ0) is 19.0. The number of carbonyl (C=O) groups is 3. The lowest BCUT2D eigenvalue weighted by Crippen LogP contribution is -2.40. The second kappa shape index (κ2) is 8.76. The number of nitro groups is 2. The van der Waals surface area contributed by atoms with E-state index in [1.54, 1.807) is 0 Å². The number of anilines is 1. The van der Waals surface area contributed by atoms with Crippen LogP contribution in [0.4, 0.5) is 17.1 Å². The molecule has 0 spiro atoms. The summed E-state index contributed by atoms with van der Waals surface area (Å²) in [5.41, 5.74) is -1.17. The van der Waals surface area contributed by atoms with E-state index in [-0.39, 0.29) is 5.69 Å². The molecule has 0 aliphatic rings. The average molecular weight is 355 g/mol. The lowest BCUT2D eigenvalue weighted by atomic mass is 10.2. The second-order valence-corrected chi connectivity index (χ2v) is 4.52. The van der Waals surface area contributed by atoms with Crippen molar-refractivity contribution in [2.24, 2.45) is 0 Å². The van der Waals surface area contributed by atoms with Crippen LogP contribution in [0.5, 0.6) is 0 Å². The molecule has 2 amide bonds. The van der Waals surface area contributed by atoms with Crippen molar-refractivity contribution in [1.82, 2.24) is 10.6 Å². The number of benzene rings is 1. The van der Waals surface area contributed by atoms with Gasteiger partial charge in [0.15, 0.2) is 0 Å².